The maximum Gasteiger partial charge on any atom is 0.460 e. The molecule has 1 amide bonds. The minimum Gasteiger partial charge on any atom is -0.442 e. The maximum absolute atomic E-state index is 13.7. The van der Waals surface area contributed by atoms with E-state index < -0.39 is 78.8 Å². The lowest BCUT2D eigenvalue weighted by atomic mass is 9.88. The van der Waals surface area contributed by atoms with Crippen molar-refractivity contribution in [3.05, 3.63) is 0 Å². The Balaban J connectivity index is 5.86. The van der Waals surface area contributed by atoms with E-state index in [4.69, 9.17) is 0 Å². The van der Waals surface area contributed by atoms with Crippen molar-refractivity contribution in [2.45, 2.75) is 86.8 Å². The van der Waals surface area contributed by atoms with Crippen molar-refractivity contribution in [2.75, 3.05) is 6.61 Å². The molecule has 0 aromatic carbocycles. The molecule has 0 aliphatic carbocycles. The van der Waals surface area contributed by atoms with Crippen LogP contribution in [0.25, 0.3) is 0 Å². The van der Waals surface area contributed by atoms with E-state index in [1.165, 1.54) is 26.3 Å². The van der Waals surface area contributed by atoms with Crippen LogP contribution in [0.15, 0.2) is 0 Å². The normalized spacial score (nSPS) is 15.6. The zero-order valence-corrected chi connectivity index (χ0v) is 18.3. The summed E-state index contributed by atoms with van der Waals surface area (Å²) in [5.74, 6) is -56.6. The summed E-state index contributed by atoms with van der Waals surface area (Å²) in [5, 5.41) is 0. The van der Waals surface area contributed by atoms with Crippen LogP contribution in [-0.2, 0) is 9.57 Å². The Kier molecular flexibility index (Phi) is 9.45. The van der Waals surface area contributed by atoms with Crippen LogP contribution >= 0.6 is 0 Å². The molecular formula is C16H16F17NO3. The largest absolute Gasteiger partial charge is 0.460 e. The monoisotopic (exact) mass is 593 g/mol. The van der Waals surface area contributed by atoms with E-state index in [2.05, 4.69) is 9.57 Å². The van der Waals surface area contributed by atoms with E-state index in [1.807, 2.05) is 0 Å². The number of rotatable bonds is 11. The third-order valence-electron chi connectivity index (χ3n) is 4.08. The molecule has 0 atom stereocenters. The van der Waals surface area contributed by atoms with E-state index in [9.17, 15) is 79.4 Å². The van der Waals surface area contributed by atoms with Gasteiger partial charge in [0.25, 0.3) is 0 Å². The number of hydrogen-bond acceptors (Lipinski definition) is 3. The molecule has 0 saturated heterocycles. The smallest absolute Gasteiger partial charge is 0.442 e. The highest BCUT2D eigenvalue weighted by atomic mass is 19.4. The van der Waals surface area contributed by atoms with Crippen molar-refractivity contribution in [3.8, 4) is 0 Å². The second kappa shape index (κ2) is 9.97. The Hall–Kier alpha value is -1.96. The number of amides is 1. The number of hydrogen-bond donors (Lipinski definition) is 1. The van der Waals surface area contributed by atoms with E-state index in [-0.39, 0.29) is 0 Å². The Morgan fingerprint density at radius 1 is 0.595 bits per heavy atom. The number of alkyl halides is 17. The number of carbonyl (C=O) groups is 1. The third-order valence-corrected chi connectivity index (χ3v) is 4.08. The zero-order chi connectivity index (χ0) is 30.3. The van der Waals surface area contributed by atoms with Crippen LogP contribution in [-0.4, -0.2) is 65.9 Å². The van der Waals surface area contributed by atoms with Crippen molar-refractivity contribution in [1.82, 2.24) is 5.48 Å². The first-order chi connectivity index (χ1) is 15.9. The third kappa shape index (κ3) is 6.21. The summed E-state index contributed by atoms with van der Waals surface area (Å²) >= 11 is 0. The minimum absolute atomic E-state index is 1.14. The number of nitrogens with one attached hydrogen (secondary N) is 1. The van der Waals surface area contributed by atoms with E-state index in [1.54, 1.807) is 0 Å². The lowest BCUT2D eigenvalue weighted by Gasteiger charge is -2.42. The van der Waals surface area contributed by atoms with Gasteiger partial charge in [0.2, 0.25) is 0 Å². The predicted molar refractivity (Wildman–Crippen MR) is 85.2 cm³/mol. The molecule has 37 heavy (non-hydrogen) atoms. The molecule has 4 nitrogen and oxygen atoms in total. The average Bonchev–Trinajstić information content (AvgIpc) is 2.64. The molecule has 0 rings (SSSR count). The molecule has 0 bridgehead atoms. The fourth-order valence-electron chi connectivity index (χ4n) is 2.13. The second-order valence-electron chi connectivity index (χ2n) is 8.20. The van der Waals surface area contributed by atoms with E-state index in [0.29, 0.717) is 0 Å². The minimum atomic E-state index is -8.66. The highest BCUT2D eigenvalue weighted by Crippen LogP contribution is 2.64. The summed E-state index contributed by atoms with van der Waals surface area (Å²) in [7, 11) is 0. The van der Waals surface area contributed by atoms with E-state index in [0.717, 1.165) is 0 Å². The molecule has 0 radical (unpaired) electrons. The quantitative estimate of drug-likeness (QED) is 0.156. The summed E-state index contributed by atoms with van der Waals surface area (Å²) in [4.78, 5) is 15.3. The van der Waals surface area contributed by atoms with E-state index >= 15 is 0 Å². The number of halogens is 17. The van der Waals surface area contributed by atoms with Gasteiger partial charge in [0, 0.05) is 6.42 Å². The summed E-state index contributed by atoms with van der Waals surface area (Å²) < 4.78 is 228. The first-order valence-electron chi connectivity index (χ1n) is 9.17. The van der Waals surface area contributed by atoms with Gasteiger partial charge in [-0.2, -0.15) is 80.1 Å². The van der Waals surface area contributed by atoms with Crippen molar-refractivity contribution in [2.24, 2.45) is 0 Å². The molecule has 0 fully saturated rings. The van der Waals surface area contributed by atoms with Gasteiger partial charge in [0.05, 0.1) is 6.61 Å². The molecule has 0 heterocycles. The molecule has 0 aromatic rings. The molecule has 0 aromatic heterocycles. The lowest BCUT2D eigenvalue weighted by molar-refractivity contribution is -0.461. The van der Waals surface area contributed by atoms with Gasteiger partial charge >= 0.3 is 53.7 Å². The van der Waals surface area contributed by atoms with Gasteiger partial charge in [-0.3, -0.25) is 4.84 Å². The molecule has 21 heteroatoms. The van der Waals surface area contributed by atoms with Crippen molar-refractivity contribution in [1.29, 1.82) is 0 Å². The van der Waals surface area contributed by atoms with Gasteiger partial charge in [-0.25, -0.2) is 4.79 Å². The summed E-state index contributed by atoms with van der Waals surface area (Å²) in [6, 6.07) is 0. The standard InChI is InChI=1S/C16H16F17NO3/c1-8(2,3)37-7(35)34-36-6-4-5-9(17,18)10(19,20)11(21,22)12(23,24)13(25,26)14(27,28)15(29,30)16(31,32)33/h4-6H2,1-3H3,(H,34,35). The molecule has 1 N–H and O–H groups in total. The van der Waals surface area contributed by atoms with Crippen molar-refractivity contribution >= 4 is 6.09 Å². The number of ether oxygens (including phenoxy) is 1. The van der Waals surface area contributed by atoms with Crippen LogP contribution in [0.3, 0.4) is 0 Å². The molecule has 222 valence electrons. The zero-order valence-electron chi connectivity index (χ0n) is 18.3. The molecule has 0 saturated carbocycles. The van der Waals surface area contributed by atoms with Crippen LogP contribution in [0.2, 0.25) is 0 Å². The van der Waals surface area contributed by atoms with Crippen LogP contribution in [0.5, 0.6) is 0 Å². The SMILES string of the molecule is CC(C)(C)OC(=O)NOCCCC(F)(F)C(F)(F)C(F)(F)C(F)(F)C(F)(F)C(F)(F)C(F)(F)C(F)(F)F. The topological polar surface area (TPSA) is 47.6 Å². The molecule has 0 spiro atoms. The van der Waals surface area contributed by atoms with Crippen molar-refractivity contribution < 1.29 is 89.0 Å². The molecule has 0 aliphatic heterocycles. The van der Waals surface area contributed by atoms with Gasteiger partial charge in [0.15, 0.2) is 0 Å². The Bertz CT molecular complexity index is 801. The van der Waals surface area contributed by atoms with Gasteiger partial charge in [-0.15, -0.1) is 0 Å². The van der Waals surface area contributed by atoms with Gasteiger partial charge in [-0.05, 0) is 27.2 Å². The van der Waals surface area contributed by atoms with Crippen LogP contribution in [0.4, 0.5) is 79.4 Å². The lowest BCUT2D eigenvalue weighted by Crippen LogP contribution is -2.74. The predicted octanol–water partition coefficient (Wildman–Crippen LogP) is 7.23. The first kappa shape index (κ1) is 35.0. The van der Waals surface area contributed by atoms with Crippen LogP contribution in [0, 0.1) is 0 Å². The molecular weight excluding hydrogens is 577 g/mol. The highest BCUT2D eigenvalue weighted by Gasteiger charge is 2.95. The molecule has 0 unspecified atom stereocenters. The van der Waals surface area contributed by atoms with Gasteiger partial charge in [0.1, 0.15) is 5.60 Å². The van der Waals surface area contributed by atoms with Gasteiger partial charge < -0.3 is 4.74 Å². The summed E-state index contributed by atoms with van der Waals surface area (Å²) in [6.45, 7) is 2.71. The molecule has 0 aliphatic rings. The van der Waals surface area contributed by atoms with Gasteiger partial charge in [-0.1, -0.05) is 0 Å². The average molecular weight is 593 g/mol. The number of hydroxylamine groups is 1. The van der Waals surface area contributed by atoms with Crippen LogP contribution in [0.1, 0.15) is 33.6 Å². The Morgan fingerprint density at radius 3 is 1.30 bits per heavy atom. The maximum atomic E-state index is 13.7. The Morgan fingerprint density at radius 2 is 0.946 bits per heavy atom. The Labute approximate surface area is 195 Å². The highest BCUT2D eigenvalue weighted by molar-refractivity contribution is 5.66. The fourth-order valence-corrected chi connectivity index (χ4v) is 2.13. The summed E-state index contributed by atoms with van der Waals surface area (Å²) in [5.41, 5.74) is 0.238. The van der Waals surface area contributed by atoms with Crippen molar-refractivity contribution in [3.63, 3.8) is 0 Å². The second-order valence-corrected chi connectivity index (χ2v) is 8.20. The first-order valence-corrected chi connectivity index (χ1v) is 9.17. The summed E-state index contributed by atoms with van der Waals surface area (Å²) in [6.07, 6.45) is -13.4. The number of carbonyl (C=O) groups excluding carboxylic acids is 1. The van der Waals surface area contributed by atoms with Crippen LogP contribution < -0.4 is 5.48 Å². The fraction of sp³-hybridized carbons (Fsp3) is 0.938.